The Hall–Kier alpha value is -0.700. The molecule has 0 spiro atoms. The fraction of sp³-hybridized carbons (Fsp3) is 0.714. The minimum Gasteiger partial charge on any atom is -0.313 e. The third-order valence-corrected chi connectivity index (χ3v) is 1.81. The quantitative estimate of drug-likeness (QED) is 0.577. The second kappa shape index (κ2) is 2.92. The van der Waals surface area contributed by atoms with E-state index in [0.717, 1.165) is 0 Å². The van der Waals surface area contributed by atoms with Gasteiger partial charge in [0.05, 0.1) is 0 Å². The zero-order valence-electron chi connectivity index (χ0n) is 6.60. The molecule has 10 heavy (non-hydrogen) atoms. The molecule has 0 saturated heterocycles. The van der Waals surface area contributed by atoms with Crippen molar-refractivity contribution in [1.29, 1.82) is 0 Å². The van der Waals surface area contributed by atoms with Gasteiger partial charge in [0.15, 0.2) is 11.6 Å². The molecule has 3 nitrogen and oxygen atoms in total. The van der Waals surface area contributed by atoms with Crippen molar-refractivity contribution >= 4 is 11.6 Å². The third kappa shape index (κ3) is 1.42. The van der Waals surface area contributed by atoms with Gasteiger partial charge in [-0.3, -0.25) is 9.59 Å². The first-order valence-corrected chi connectivity index (χ1v) is 3.26. The van der Waals surface area contributed by atoms with Crippen molar-refractivity contribution in [1.82, 2.24) is 0 Å². The maximum absolute atomic E-state index is 10.8. The molecule has 58 valence electrons. The van der Waals surface area contributed by atoms with Crippen LogP contribution < -0.4 is 5.73 Å². The van der Waals surface area contributed by atoms with Crippen LogP contribution >= 0.6 is 0 Å². The van der Waals surface area contributed by atoms with E-state index >= 15 is 0 Å². The highest BCUT2D eigenvalue weighted by Gasteiger charge is 2.33. The number of hydrogen-bond donors (Lipinski definition) is 1. The van der Waals surface area contributed by atoms with Gasteiger partial charge in [-0.2, -0.15) is 0 Å². The highest BCUT2D eigenvalue weighted by atomic mass is 16.2. The number of rotatable bonds is 3. The van der Waals surface area contributed by atoms with E-state index in [4.69, 9.17) is 5.73 Å². The fourth-order valence-electron chi connectivity index (χ4n) is 0.746. The summed E-state index contributed by atoms with van der Waals surface area (Å²) in [6.07, 6.45) is 0.373. The molecule has 0 unspecified atom stereocenters. The fourth-order valence-corrected chi connectivity index (χ4v) is 0.746. The second-order valence-corrected chi connectivity index (χ2v) is 2.44. The summed E-state index contributed by atoms with van der Waals surface area (Å²) in [5, 5.41) is 0. The average molecular weight is 143 g/mol. The molecule has 0 radical (unpaired) electrons. The zero-order valence-corrected chi connectivity index (χ0v) is 6.60. The Bertz CT molecular complexity index is 149. The molecular formula is C7H13NO2. The van der Waals surface area contributed by atoms with E-state index in [1.165, 1.54) is 13.8 Å². The second-order valence-electron chi connectivity index (χ2n) is 2.44. The number of hydrogen-bond acceptors (Lipinski definition) is 3. The Morgan fingerprint density at radius 3 is 1.60 bits per heavy atom. The molecule has 0 atom stereocenters. The lowest BCUT2D eigenvalue weighted by Crippen LogP contribution is -2.52. The van der Waals surface area contributed by atoms with E-state index in [2.05, 4.69) is 0 Å². The zero-order chi connectivity index (χ0) is 8.36. The number of Topliss-reactive ketones (excluding diaryl/α,β-unsaturated/α-hetero) is 2. The van der Waals surface area contributed by atoms with Gasteiger partial charge < -0.3 is 5.73 Å². The normalized spacial score (nSPS) is 11.2. The molecule has 0 aliphatic carbocycles. The molecule has 0 rings (SSSR count). The molecule has 2 N–H and O–H groups in total. The topological polar surface area (TPSA) is 60.2 Å². The van der Waals surface area contributed by atoms with Crippen molar-refractivity contribution in [3.8, 4) is 0 Å². The van der Waals surface area contributed by atoms with Gasteiger partial charge in [0.2, 0.25) is 0 Å². The van der Waals surface area contributed by atoms with E-state index in [1.54, 1.807) is 6.92 Å². The smallest absolute Gasteiger partial charge is 0.157 e. The molecule has 0 saturated carbocycles. The predicted molar refractivity (Wildman–Crippen MR) is 38.6 cm³/mol. The minimum absolute atomic E-state index is 0.262. The summed E-state index contributed by atoms with van der Waals surface area (Å²) in [6.45, 7) is 4.40. The Balaban J connectivity index is 4.55. The van der Waals surface area contributed by atoms with E-state index in [9.17, 15) is 9.59 Å². The minimum atomic E-state index is -1.24. The van der Waals surface area contributed by atoms with Crippen LogP contribution in [-0.4, -0.2) is 17.1 Å². The number of ketones is 2. The highest BCUT2D eigenvalue weighted by Crippen LogP contribution is 2.08. The molecule has 0 aromatic heterocycles. The molecule has 0 fully saturated rings. The molecule has 0 aliphatic heterocycles. The van der Waals surface area contributed by atoms with Gasteiger partial charge in [-0.05, 0) is 20.3 Å². The Morgan fingerprint density at radius 2 is 1.60 bits per heavy atom. The van der Waals surface area contributed by atoms with Crippen LogP contribution in [-0.2, 0) is 9.59 Å². The van der Waals surface area contributed by atoms with Crippen molar-refractivity contribution in [2.75, 3.05) is 0 Å². The maximum Gasteiger partial charge on any atom is 0.157 e. The van der Waals surface area contributed by atoms with Crippen LogP contribution in [0.2, 0.25) is 0 Å². The molecule has 3 heteroatoms. The summed E-state index contributed by atoms with van der Waals surface area (Å²) >= 11 is 0. The van der Waals surface area contributed by atoms with E-state index < -0.39 is 5.54 Å². The number of carbonyl (C=O) groups excluding carboxylic acids is 2. The van der Waals surface area contributed by atoms with Crippen LogP contribution in [0, 0.1) is 0 Å². The first-order chi connectivity index (χ1) is 4.45. The Kier molecular flexibility index (Phi) is 2.72. The first-order valence-electron chi connectivity index (χ1n) is 3.26. The summed E-state index contributed by atoms with van der Waals surface area (Å²) in [5.74, 6) is -0.523. The summed E-state index contributed by atoms with van der Waals surface area (Å²) in [7, 11) is 0. The molecule has 0 bridgehead atoms. The third-order valence-electron chi connectivity index (χ3n) is 1.81. The van der Waals surface area contributed by atoms with Gasteiger partial charge >= 0.3 is 0 Å². The number of carbonyl (C=O) groups is 2. The maximum atomic E-state index is 10.8. The summed E-state index contributed by atoms with van der Waals surface area (Å²) in [4.78, 5) is 21.6. The van der Waals surface area contributed by atoms with Gasteiger partial charge in [-0.1, -0.05) is 6.92 Å². The van der Waals surface area contributed by atoms with Crippen LogP contribution in [0.1, 0.15) is 27.2 Å². The number of nitrogens with two attached hydrogens (primary N) is 1. The van der Waals surface area contributed by atoms with Gasteiger partial charge in [-0.15, -0.1) is 0 Å². The van der Waals surface area contributed by atoms with Gasteiger partial charge in [0.25, 0.3) is 0 Å². The van der Waals surface area contributed by atoms with Crippen LogP contribution in [0.3, 0.4) is 0 Å². The average Bonchev–Trinajstić information content (AvgIpc) is 1.85. The van der Waals surface area contributed by atoms with Crippen molar-refractivity contribution < 1.29 is 9.59 Å². The lowest BCUT2D eigenvalue weighted by molar-refractivity contribution is -0.132. The summed E-state index contributed by atoms with van der Waals surface area (Å²) in [5.41, 5.74) is 4.25. The van der Waals surface area contributed by atoms with Crippen LogP contribution in [0.5, 0.6) is 0 Å². The van der Waals surface area contributed by atoms with E-state index in [0.29, 0.717) is 6.42 Å². The standard InChI is InChI=1S/C7H13NO2/c1-4-7(8,5(2)9)6(3)10/h4,8H2,1-3H3. The largest absolute Gasteiger partial charge is 0.313 e. The first kappa shape index (κ1) is 9.30. The molecular weight excluding hydrogens is 130 g/mol. The van der Waals surface area contributed by atoms with Gasteiger partial charge in [0, 0.05) is 0 Å². The van der Waals surface area contributed by atoms with Gasteiger partial charge in [0.1, 0.15) is 5.54 Å². The van der Waals surface area contributed by atoms with Crippen molar-refractivity contribution in [2.24, 2.45) is 5.73 Å². The molecule has 0 amide bonds. The molecule has 0 heterocycles. The van der Waals surface area contributed by atoms with E-state index in [-0.39, 0.29) is 11.6 Å². The van der Waals surface area contributed by atoms with Crippen molar-refractivity contribution in [2.45, 2.75) is 32.7 Å². The Labute approximate surface area is 60.6 Å². The van der Waals surface area contributed by atoms with Crippen LogP contribution in [0.25, 0.3) is 0 Å². The highest BCUT2D eigenvalue weighted by molar-refractivity contribution is 6.09. The van der Waals surface area contributed by atoms with E-state index in [1.807, 2.05) is 0 Å². The van der Waals surface area contributed by atoms with Crippen LogP contribution in [0.15, 0.2) is 0 Å². The summed E-state index contributed by atoms with van der Waals surface area (Å²) < 4.78 is 0. The summed E-state index contributed by atoms with van der Waals surface area (Å²) in [6, 6.07) is 0. The molecule has 0 aromatic carbocycles. The lowest BCUT2D eigenvalue weighted by atomic mass is 9.89. The molecule has 0 aromatic rings. The van der Waals surface area contributed by atoms with Gasteiger partial charge in [-0.25, -0.2) is 0 Å². The molecule has 0 aliphatic rings. The lowest BCUT2D eigenvalue weighted by Gasteiger charge is -2.20. The Morgan fingerprint density at radius 1 is 1.30 bits per heavy atom. The monoisotopic (exact) mass is 143 g/mol. The predicted octanol–water partition coefficient (Wildman–Crippen LogP) is 0.272. The SMILES string of the molecule is CCC(N)(C(C)=O)C(C)=O. The van der Waals surface area contributed by atoms with Crippen LogP contribution in [0.4, 0.5) is 0 Å². The van der Waals surface area contributed by atoms with Crippen molar-refractivity contribution in [3.05, 3.63) is 0 Å². The van der Waals surface area contributed by atoms with Crippen molar-refractivity contribution in [3.63, 3.8) is 0 Å².